The first kappa shape index (κ1) is 13.5. The van der Waals surface area contributed by atoms with Gasteiger partial charge in [0, 0.05) is 44.1 Å². The van der Waals surface area contributed by atoms with E-state index in [2.05, 4.69) is 4.98 Å². The number of carbonyl (C=O) groups is 2. The number of aromatic nitrogens is 1. The van der Waals surface area contributed by atoms with E-state index in [1.54, 1.807) is 36.4 Å². The van der Waals surface area contributed by atoms with Gasteiger partial charge < -0.3 is 10.6 Å². The molecule has 0 radical (unpaired) electrons. The highest BCUT2D eigenvalue weighted by Crippen LogP contribution is 2.10. The summed E-state index contributed by atoms with van der Waals surface area (Å²) in [5.41, 5.74) is 5.93. The summed E-state index contributed by atoms with van der Waals surface area (Å²) < 4.78 is 0. The first-order chi connectivity index (χ1) is 9.09. The Morgan fingerprint density at radius 1 is 1.21 bits per heavy atom. The molecule has 0 saturated carbocycles. The van der Waals surface area contributed by atoms with Crippen LogP contribution in [0, 0.1) is 0 Å². The Bertz CT molecular complexity index is 455. The van der Waals surface area contributed by atoms with Crippen LogP contribution in [0.1, 0.15) is 17.3 Å². The number of hydrogen-bond acceptors (Lipinski definition) is 4. The highest BCUT2D eigenvalue weighted by Gasteiger charge is 2.26. The lowest BCUT2D eigenvalue weighted by Crippen LogP contribution is -2.54. The van der Waals surface area contributed by atoms with E-state index in [-0.39, 0.29) is 17.9 Å². The van der Waals surface area contributed by atoms with Gasteiger partial charge >= 0.3 is 0 Å². The molecule has 19 heavy (non-hydrogen) atoms. The fraction of sp³-hybridized carbons (Fsp3) is 0.462. The Balaban J connectivity index is 1.93. The fourth-order valence-electron chi connectivity index (χ4n) is 2.17. The second-order valence-electron chi connectivity index (χ2n) is 4.64. The Morgan fingerprint density at radius 3 is 2.32 bits per heavy atom. The zero-order valence-corrected chi connectivity index (χ0v) is 11.0. The summed E-state index contributed by atoms with van der Waals surface area (Å²) in [6, 6.07) is 3.14. The Hall–Kier alpha value is -1.95. The Labute approximate surface area is 112 Å². The molecule has 0 aliphatic carbocycles. The molecule has 0 spiro atoms. The summed E-state index contributed by atoms with van der Waals surface area (Å²) in [7, 11) is 0. The van der Waals surface area contributed by atoms with Crippen LogP contribution in [0.2, 0.25) is 0 Å². The van der Waals surface area contributed by atoms with E-state index in [9.17, 15) is 9.59 Å². The summed E-state index contributed by atoms with van der Waals surface area (Å²) in [4.78, 5) is 31.0. The maximum Gasteiger partial charge on any atom is 0.254 e. The van der Waals surface area contributed by atoms with Gasteiger partial charge in [-0.05, 0) is 19.1 Å². The van der Waals surface area contributed by atoms with Gasteiger partial charge in [-0.15, -0.1) is 0 Å². The van der Waals surface area contributed by atoms with Crippen molar-refractivity contribution in [3.05, 3.63) is 30.1 Å². The molecule has 1 atom stereocenters. The molecule has 0 aromatic carbocycles. The Kier molecular flexibility index (Phi) is 4.11. The van der Waals surface area contributed by atoms with Crippen LogP contribution in [0.15, 0.2) is 24.5 Å². The summed E-state index contributed by atoms with van der Waals surface area (Å²) in [5, 5.41) is 0. The molecule has 1 saturated heterocycles. The molecule has 1 unspecified atom stereocenters. The zero-order chi connectivity index (χ0) is 13.8. The molecule has 2 N–H and O–H groups in total. The quantitative estimate of drug-likeness (QED) is 0.812. The number of carbonyl (C=O) groups excluding carboxylic acids is 2. The van der Waals surface area contributed by atoms with Crippen LogP contribution in [0.3, 0.4) is 0 Å². The number of primary amides is 1. The molecule has 2 amide bonds. The number of hydrogen-bond donors (Lipinski definition) is 1. The van der Waals surface area contributed by atoms with Gasteiger partial charge in [-0.3, -0.25) is 19.5 Å². The topological polar surface area (TPSA) is 79.5 Å². The van der Waals surface area contributed by atoms with Gasteiger partial charge in [-0.2, -0.15) is 0 Å². The molecule has 1 fully saturated rings. The van der Waals surface area contributed by atoms with Crippen LogP contribution in [-0.4, -0.2) is 58.8 Å². The normalized spacial score (nSPS) is 18.1. The monoisotopic (exact) mass is 262 g/mol. The van der Waals surface area contributed by atoms with E-state index >= 15 is 0 Å². The predicted octanol–water partition coefficient (Wildman–Crippen LogP) is -0.287. The molecule has 6 heteroatoms. The van der Waals surface area contributed by atoms with Crippen molar-refractivity contribution in [1.82, 2.24) is 14.8 Å². The Morgan fingerprint density at radius 2 is 1.79 bits per heavy atom. The minimum absolute atomic E-state index is 0.00813. The van der Waals surface area contributed by atoms with Crippen molar-refractivity contribution in [3.8, 4) is 0 Å². The van der Waals surface area contributed by atoms with Crippen LogP contribution >= 0.6 is 0 Å². The van der Waals surface area contributed by atoms with Gasteiger partial charge in [0.15, 0.2) is 0 Å². The molecular weight excluding hydrogens is 244 g/mol. The van der Waals surface area contributed by atoms with Crippen molar-refractivity contribution >= 4 is 11.8 Å². The minimum atomic E-state index is -0.325. The van der Waals surface area contributed by atoms with Crippen molar-refractivity contribution in [1.29, 1.82) is 0 Å². The molecule has 1 aromatic heterocycles. The first-order valence-electron chi connectivity index (χ1n) is 6.32. The van der Waals surface area contributed by atoms with Gasteiger partial charge in [-0.1, -0.05) is 0 Å². The summed E-state index contributed by atoms with van der Waals surface area (Å²) in [5.74, 6) is -0.317. The lowest BCUT2D eigenvalue weighted by molar-refractivity contribution is -0.123. The predicted molar refractivity (Wildman–Crippen MR) is 70.4 cm³/mol. The molecule has 2 rings (SSSR count). The van der Waals surface area contributed by atoms with Gasteiger partial charge in [-0.25, -0.2) is 0 Å². The van der Waals surface area contributed by atoms with E-state index in [1.807, 2.05) is 4.90 Å². The second kappa shape index (κ2) is 5.79. The maximum absolute atomic E-state index is 12.2. The minimum Gasteiger partial charge on any atom is -0.368 e. The molecular formula is C13H18N4O2. The molecule has 102 valence electrons. The third kappa shape index (κ3) is 3.08. The van der Waals surface area contributed by atoms with Gasteiger partial charge in [0.05, 0.1) is 6.04 Å². The number of amides is 2. The molecule has 1 aliphatic heterocycles. The van der Waals surface area contributed by atoms with E-state index in [0.29, 0.717) is 31.7 Å². The number of piperazine rings is 1. The van der Waals surface area contributed by atoms with Crippen LogP contribution in [-0.2, 0) is 4.79 Å². The van der Waals surface area contributed by atoms with E-state index < -0.39 is 0 Å². The van der Waals surface area contributed by atoms with Crippen molar-refractivity contribution < 1.29 is 9.59 Å². The molecule has 2 heterocycles. The number of pyridine rings is 1. The van der Waals surface area contributed by atoms with E-state index in [0.717, 1.165) is 0 Å². The van der Waals surface area contributed by atoms with Crippen molar-refractivity contribution in [2.75, 3.05) is 26.2 Å². The van der Waals surface area contributed by atoms with E-state index in [1.165, 1.54) is 0 Å². The third-order valence-corrected chi connectivity index (χ3v) is 3.49. The van der Waals surface area contributed by atoms with Crippen molar-refractivity contribution in [2.45, 2.75) is 13.0 Å². The highest BCUT2D eigenvalue weighted by molar-refractivity contribution is 5.94. The molecule has 6 nitrogen and oxygen atoms in total. The maximum atomic E-state index is 12.2. The SMILES string of the molecule is CC(C(N)=O)N1CCN(C(=O)c2ccncc2)CC1. The first-order valence-corrected chi connectivity index (χ1v) is 6.32. The lowest BCUT2D eigenvalue weighted by atomic mass is 10.2. The van der Waals surface area contributed by atoms with Crippen LogP contribution in [0.25, 0.3) is 0 Å². The third-order valence-electron chi connectivity index (χ3n) is 3.49. The van der Waals surface area contributed by atoms with Crippen LogP contribution in [0.4, 0.5) is 0 Å². The molecule has 1 aromatic rings. The van der Waals surface area contributed by atoms with Crippen molar-refractivity contribution in [2.24, 2.45) is 5.73 Å². The summed E-state index contributed by atoms with van der Waals surface area (Å²) in [6.45, 7) is 4.35. The summed E-state index contributed by atoms with van der Waals surface area (Å²) >= 11 is 0. The smallest absolute Gasteiger partial charge is 0.254 e. The van der Waals surface area contributed by atoms with Crippen LogP contribution < -0.4 is 5.73 Å². The standard InChI is InChI=1S/C13H18N4O2/c1-10(12(14)18)16-6-8-17(9-7-16)13(19)11-2-4-15-5-3-11/h2-5,10H,6-9H2,1H3,(H2,14,18). The summed E-state index contributed by atoms with van der Waals surface area (Å²) in [6.07, 6.45) is 3.22. The van der Waals surface area contributed by atoms with Gasteiger partial charge in [0.2, 0.25) is 5.91 Å². The second-order valence-corrected chi connectivity index (χ2v) is 4.64. The zero-order valence-electron chi connectivity index (χ0n) is 11.0. The number of rotatable bonds is 3. The van der Waals surface area contributed by atoms with Crippen LogP contribution in [0.5, 0.6) is 0 Å². The van der Waals surface area contributed by atoms with Gasteiger partial charge in [0.1, 0.15) is 0 Å². The number of nitrogens with two attached hydrogens (primary N) is 1. The van der Waals surface area contributed by atoms with E-state index in [4.69, 9.17) is 5.73 Å². The average Bonchev–Trinajstić information content (AvgIpc) is 2.46. The molecule has 0 bridgehead atoms. The highest BCUT2D eigenvalue weighted by atomic mass is 16.2. The molecule has 1 aliphatic rings. The lowest BCUT2D eigenvalue weighted by Gasteiger charge is -2.36. The average molecular weight is 262 g/mol. The number of nitrogens with zero attached hydrogens (tertiary/aromatic N) is 3. The largest absolute Gasteiger partial charge is 0.368 e. The van der Waals surface area contributed by atoms with Crippen molar-refractivity contribution in [3.63, 3.8) is 0 Å². The van der Waals surface area contributed by atoms with Gasteiger partial charge in [0.25, 0.3) is 5.91 Å². The fourth-order valence-corrected chi connectivity index (χ4v) is 2.17.